The van der Waals surface area contributed by atoms with Crippen LogP contribution in [-0.2, 0) is 18.5 Å². The van der Waals surface area contributed by atoms with Gasteiger partial charge in [-0.15, -0.1) is 0 Å². The molecule has 0 aliphatic rings. The first kappa shape index (κ1) is 18.7. The molecule has 0 bridgehead atoms. The molecule has 0 radical (unpaired) electrons. The van der Waals surface area contributed by atoms with Gasteiger partial charge in [-0.2, -0.15) is 39.5 Å². The first-order chi connectivity index (χ1) is 10.0. The molecule has 4 nitrogen and oxygen atoms in total. The molecule has 0 unspecified atom stereocenters. The Morgan fingerprint density at radius 1 is 0.696 bits per heavy atom. The topological polar surface area (TPSA) is 89.3 Å². The predicted octanol–water partition coefficient (Wildman–Crippen LogP) is 3.61. The van der Waals surface area contributed by atoms with Crippen molar-refractivity contribution in [2.45, 2.75) is 18.5 Å². The van der Waals surface area contributed by atoms with E-state index < -0.39 is 58.1 Å². The highest BCUT2D eigenvalue weighted by Crippen LogP contribution is 2.51. The number of hydrogen-bond acceptors (Lipinski definition) is 3. The summed E-state index contributed by atoms with van der Waals surface area (Å²) in [7, 11) is 0. The third-order valence-electron chi connectivity index (χ3n) is 2.64. The molecule has 0 fully saturated rings. The van der Waals surface area contributed by atoms with E-state index in [2.05, 4.69) is 11.5 Å². The molecule has 1 aromatic rings. The summed E-state index contributed by atoms with van der Waals surface area (Å²) in [5.74, 6) is -2.78. The zero-order valence-corrected chi connectivity index (χ0v) is 10.4. The summed E-state index contributed by atoms with van der Waals surface area (Å²) in [5, 5.41) is 8.62. The van der Waals surface area contributed by atoms with Crippen LogP contribution < -0.4 is 11.5 Å². The Morgan fingerprint density at radius 2 is 0.957 bits per heavy atom. The van der Waals surface area contributed by atoms with E-state index in [1.165, 1.54) is 0 Å². The molecule has 0 aromatic heterocycles. The van der Waals surface area contributed by atoms with Crippen LogP contribution in [0.1, 0.15) is 27.0 Å². The molecule has 130 valence electrons. The molecule has 0 saturated heterocycles. The van der Waals surface area contributed by atoms with E-state index in [0.717, 1.165) is 0 Å². The van der Waals surface area contributed by atoms with Crippen molar-refractivity contribution in [2.24, 2.45) is 0 Å². The number of carbonyl (C=O) groups is 1. The van der Waals surface area contributed by atoms with Crippen LogP contribution >= 0.6 is 0 Å². The van der Waals surface area contributed by atoms with Gasteiger partial charge in [-0.3, -0.25) is 0 Å². The molecule has 5 N–H and O–H groups in total. The van der Waals surface area contributed by atoms with E-state index in [9.17, 15) is 44.3 Å². The van der Waals surface area contributed by atoms with Crippen LogP contribution in [0.5, 0.6) is 0 Å². The Bertz CT molecular complexity index is 617. The predicted molar refractivity (Wildman–Crippen MR) is 57.2 cm³/mol. The number of alkyl halides is 9. The molecule has 0 atom stereocenters. The number of benzene rings is 1. The number of carboxylic acid groups (broad SMARTS) is 1. The first-order valence-corrected chi connectivity index (χ1v) is 5.21. The summed E-state index contributed by atoms with van der Waals surface area (Å²) in [6, 6.07) is 0. The van der Waals surface area contributed by atoms with Gasteiger partial charge in [0, 0.05) is 0 Å². The van der Waals surface area contributed by atoms with E-state index in [-0.39, 0.29) is 0 Å². The Labute approximate surface area is 120 Å². The molecular weight excluding hydrogens is 351 g/mol. The van der Waals surface area contributed by atoms with Gasteiger partial charge in [0.2, 0.25) is 0 Å². The molecule has 0 saturated carbocycles. The van der Waals surface area contributed by atoms with Crippen molar-refractivity contribution in [3.8, 4) is 0 Å². The van der Waals surface area contributed by atoms with Gasteiger partial charge in [0.05, 0.1) is 28.1 Å². The number of hydrogen-bond donors (Lipinski definition) is 3. The van der Waals surface area contributed by atoms with Crippen molar-refractivity contribution in [1.29, 1.82) is 0 Å². The van der Waals surface area contributed by atoms with Crippen LogP contribution in [0.15, 0.2) is 0 Å². The fourth-order valence-electron chi connectivity index (χ4n) is 1.90. The van der Waals surface area contributed by atoms with Crippen molar-refractivity contribution in [2.75, 3.05) is 11.5 Å². The lowest BCUT2D eigenvalue weighted by atomic mass is 9.91. The van der Waals surface area contributed by atoms with Gasteiger partial charge in [0.15, 0.2) is 0 Å². The Kier molecular flexibility index (Phi) is 4.14. The number of aromatic carboxylic acids is 1. The van der Waals surface area contributed by atoms with Gasteiger partial charge in [-0.1, -0.05) is 0 Å². The van der Waals surface area contributed by atoms with Gasteiger partial charge in [0.25, 0.3) is 0 Å². The molecule has 1 rings (SSSR count). The summed E-state index contributed by atoms with van der Waals surface area (Å²) < 4.78 is 115. The third kappa shape index (κ3) is 3.22. The van der Waals surface area contributed by atoms with Crippen LogP contribution in [0.3, 0.4) is 0 Å². The maximum Gasteiger partial charge on any atom is 0.420 e. The largest absolute Gasteiger partial charge is 0.478 e. The van der Waals surface area contributed by atoms with Crippen molar-refractivity contribution in [3.63, 3.8) is 0 Å². The molecule has 23 heavy (non-hydrogen) atoms. The SMILES string of the molecule is Nc1c(C(F)(F)F)c(N)c(C(F)(F)F)c(C(=O)O)c1C(F)(F)F. The second kappa shape index (κ2) is 5.09. The molecule has 1 aromatic carbocycles. The van der Waals surface area contributed by atoms with Crippen molar-refractivity contribution < 1.29 is 49.4 Å². The molecule has 0 spiro atoms. The lowest BCUT2D eigenvalue weighted by Crippen LogP contribution is -2.27. The number of carboxylic acids is 1. The summed E-state index contributed by atoms with van der Waals surface area (Å²) in [6.45, 7) is 0. The normalized spacial score (nSPS) is 13.3. The van der Waals surface area contributed by atoms with Crippen molar-refractivity contribution >= 4 is 17.3 Å². The average Bonchev–Trinajstić information content (AvgIpc) is 2.21. The monoisotopic (exact) mass is 356 g/mol. The zero-order chi connectivity index (χ0) is 18.5. The lowest BCUT2D eigenvalue weighted by Gasteiger charge is -2.24. The number of nitrogen functional groups attached to an aromatic ring is 2. The van der Waals surface area contributed by atoms with Gasteiger partial charge in [-0.25, -0.2) is 4.79 Å². The average molecular weight is 356 g/mol. The molecule has 0 aliphatic carbocycles. The minimum atomic E-state index is -5.90. The fourth-order valence-corrected chi connectivity index (χ4v) is 1.90. The smallest absolute Gasteiger partial charge is 0.420 e. The number of halogens is 9. The van der Waals surface area contributed by atoms with Crippen molar-refractivity contribution in [3.05, 3.63) is 22.3 Å². The first-order valence-electron chi connectivity index (χ1n) is 5.21. The van der Waals surface area contributed by atoms with E-state index in [1.807, 2.05) is 0 Å². The summed E-state index contributed by atoms with van der Waals surface area (Å²) in [5.41, 5.74) is -5.79. The van der Waals surface area contributed by atoms with E-state index in [0.29, 0.717) is 0 Å². The maximum absolute atomic E-state index is 12.8. The van der Waals surface area contributed by atoms with Crippen LogP contribution in [0.2, 0.25) is 0 Å². The zero-order valence-electron chi connectivity index (χ0n) is 10.4. The second-order valence-electron chi connectivity index (χ2n) is 4.13. The van der Waals surface area contributed by atoms with Gasteiger partial charge >= 0.3 is 24.5 Å². The van der Waals surface area contributed by atoms with Gasteiger partial charge in [-0.05, 0) is 0 Å². The quantitative estimate of drug-likeness (QED) is 0.530. The molecule has 13 heteroatoms. The summed E-state index contributed by atoms with van der Waals surface area (Å²) in [6.07, 6.45) is -17.6. The standard InChI is InChI=1S/C10H5F9N2O2/c11-8(12,13)2-1(7(22)23)3(9(14,15)16)6(21)4(5(2)20)10(17,18)19/h20-21H2,(H,22,23). The summed E-state index contributed by atoms with van der Waals surface area (Å²) in [4.78, 5) is 10.8. The van der Waals surface area contributed by atoms with Crippen LogP contribution in [0.4, 0.5) is 50.9 Å². The van der Waals surface area contributed by atoms with Gasteiger partial charge < -0.3 is 16.6 Å². The van der Waals surface area contributed by atoms with Crippen LogP contribution in [0.25, 0.3) is 0 Å². The molecule has 0 heterocycles. The second-order valence-corrected chi connectivity index (χ2v) is 4.13. The third-order valence-corrected chi connectivity index (χ3v) is 2.64. The van der Waals surface area contributed by atoms with E-state index in [4.69, 9.17) is 5.11 Å². The number of rotatable bonds is 1. The van der Waals surface area contributed by atoms with E-state index in [1.54, 1.807) is 0 Å². The summed E-state index contributed by atoms with van der Waals surface area (Å²) >= 11 is 0. The van der Waals surface area contributed by atoms with Crippen LogP contribution in [-0.4, -0.2) is 11.1 Å². The Balaban J connectivity index is 4.25. The Morgan fingerprint density at radius 3 is 1.13 bits per heavy atom. The van der Waals surface area contributed by atoms with Gasteiger partial charge in [0.1, 0.15) is 5.56 Å². The molecule has 0 aliphatic heterocycles. The lowest BCUT2D eigenvalue weighted by molar-refractivity contribution is -0.147. The number of anilines is 2. The molecular formula is C10H5F9N2O2. The highest BCUT2D eigenvalue weighted by molar-refractivity contribution is 5.97. The minimum absolute atomic E-state index is 2.24. The number of nitrogens with two attached hydrogens (primary N) is 2. The van der Waals surface area contributed by atoms with Crippen molar-refractivity contribution in [1.82, 2.24) is 0 Å². The highest BCUT2D eigenvalue weighted by Gasteiger charge is 2.51. The van der Waals surface area contributed by atoms with E-state index >= 15 is 0 Å². The van der Waals surface area contributed by atoms with Crippen LogP contribution in [0, 0.1) is 0 Å². The highest BCUT2D eigenvalue weighted by atomic mass is 19.4. The fraction of sp³-hybridized carbons (Fsp3) is 0.300. The Hall–Kier alpha value is -2.34. The maximum atomic E-state index is 12.8. The molecule has 0 amide bonds. The minimum Gasteiger partial charge on any atom is -0.478 e.